The summed E-state index contributed by atoms with van der Waals surface area (Å²) in [6.07, 6.45) is 1.69. The molecule has 1 unspecified atom stereocenters. The van der Waals surface area contributed by atoms with Gasteiger partial charge in [-0.3, -0.25) is 4.98 Å². The van der Waals surface area contributed by atoms with Crippen LogP contribution in [0.25, 0.3) is 10.1 Å². The molecule has 3 rings (SSSR count). The molecule has 0 saturated heterocycles. The monoisotopic (exact) mass is 288 g/mol. The standard InChI is InChI=1S/C15H13FN2OS/c1-19-11-3-2-6-18-15(11)14(17)13-8-9-7-10(16)4-5-12(9)20-13/h2-8,14H,17H2,1H3. The van der Waals surface area contributed by atoms with Crippen molar-refractivity contribution in [1.29, 1.82) is 0 Å². The lowest BCUT2D eigenvalue weighted by Crippen LogP contribution is -2.13. The number of nitrogens with two attached hydrogens (primary N) is 1. The molecule has 0 radical (unpaired) electrons. The molecular weight excluding hydrogens is 275 g/mol. The largest absolute Gasteiger partial charge is 0.495 e. The number of aromatic nitrogens is 1. The average Bonchev–Trinajstić information content (AvgIpc) is 2.89. The van der Waals surface area contributed by atoms with E-state index < -0.39 is 0 Å². The van der Waals surface area contributed by atoms with Crippen LogP contribution in [0.1, 0.15) is 16.6 Å². The zero-order chi connectivity index (χ0) is 14.1. The first-order valence-corrected chi connectivity index (χ1v) is 6.94. The van der Waals surface area contributed by atoms with Crippen LogP contribution >= 0.6 is 11.3 Å². The zero-order valence-electron chi connectivity index (χ0n) is 10.8. The van der Waals surface area contributed by atoms with Gasteiger partial charge in [-0.15, -0.1) is 11.3 Å². The summed E-state index contributed by atoms with van der Waals surface area (Å²) in [4.78, 5) is 5.23. The smallest absolute Gasteiger partial charge is 0.142 e. The first kappa shape index (κ1) is 13.0. The Morgan fingerprint density at radius 1 is 1.30 bits per heavy atom. The van der Waals surface area contributed by atoms with E-state index in [0.717, 1.165) is 15.0 Å². The van der Waals surface area contributed by atoms with Crippen molar-refractivity contribution in [1.82, 2.24) is 4.98 Å². The fourth-order valence-electron chi connectivity index (χ4n) is 2.13. The Morgan fingerprint density at radius 3 is 2.95 bits per heavy atom. The molecule has 0 bridgehead atoms. The lowest BCUT2D eigenvalue weighted by Gasteiger charge is -2.12. The molecule has 102 valence electrons. The van der Waals surface area contributed by atoms with Gasteiger partial charge in [-0.05, 0) is 41.8 Å². The molecule has 1 aromatic carbocycles. The third kappa shape index (κ3) is 2.26. The number of nitrogens with zero attached hydrogens (tertiary/aromatic N) is 1. The number of ether oxygens (including phenoxy) is 1. The molecule has 2 aromatic heterocycles. The first-order valence-electron chi connectivity index (χ1n) is 6.12. The first-order chi connectivity index (χ1) is 9.69. The summed E-state index contributed by atoms with van der Waals surface area (Å²) in [5.74, 6) is 0.412. The molecule has 0 aliphatic rings. The maximum atomic E-state index is 13.2. The van der Waals surface area contributed by atoms with Crippen LogP contribution in [-0.4, -0.2) is 12.1 Å². The highest BCUT2D eigenvalue weighted by atomic mass is 32.1. The Balaban J connectivity index is 2.05. The third-order valence-electron chi connectivity index (χ3n) is 3.12. The van der Waals surface area contributed by atoms with Gasteiger partial charge in [0, 0.05) is 15.8 Å². The Morgan fingerprint density at radius 2 is 2.15 bits per heavy atom. The minimum absolute atomic E-state index is 0.245. The predicted molar refractivity (Wildman–Crippen MR) is 78.6 cm³/mol. The van der Waals surface area contributed by atoms with E-state index in [0.29, 0.717) is 11.4 Å². The number of fused-ring (bicyclic) bond motifs is 1. The molecule has 0 amide bonds. The van der Waals surface area contributed by atoms with Gasteiger partial charge in [0.1, 0.15) is 17.3 Å². The number of methoxy groups -OCH3 is 1. The molecule has 2 heterocycles. The van der Waals surface area contributed by atoms with Crippen molar-refractivity contribution in [3.05, 3.63) is 59.0 Å². The Kier molecular flexibility index (Phi) is 3.38. The summed E-state index contributed by atoms with van der Waals surface area (Å²) in [6.45, 7) is 0. The van der Waals surface area contributed by atoms with E-state index in [4.69, 9.17) is 10.5 Å². The lowest BCUT2D eigenvalue weighted by molar-refractivity contribution is 0.405. The highest BCUT2D eigenvalue weighted by Gasteiger charge is 2.17. The number of halogens is 1. The van der Waals surface area contributed by atoms with Crippen LogP contribution in [0, 0.1) is 5.82 Å². The maximum Gasteiger partial charge on any atom is 0.142 e. The van der Waals surface area contributed by atoms with E-state index in [2.05, 4.69) is 4.98 Å². The molecule has 0 aliphatic heterocycles. The summed E-state index contributed by atoms with van der Waals surface area (Å²) in [5.41, 5.74) is 6.95. The van der Waals surface area contributed by atoms with Crippen LogP contribution in [0.4, 0.5) is 4.39 Å². The van der Waals surface area contributed by atoms with Crippen LogP contribution in [0.2, 0.25) is 0 Å². The maximum absolute atomic E-state index is 13.2. The molecule has 3 aromatic rings. The number of hydrogen-bond donors (Lipinski definition) is 1. The zero-order valence-corrected chi connectivity index (χ0v) is 11.7. The highest BCUT2D eigenvalue weighted by Crippen LogP contribution is 2.34. The summed E-state index contributed by atoms with van der Waals surface area (Å²) in [6, 6.07) is 9.88. The second-order valence-corrected chi connectivity index (χ2v) is 5.51. The molecule has 2 N–H and O–H groups in total. The summed E-state index contributed by atoms with van der Waals surface area (Å²) in [5, 5.41) is 0.857. The Bertz CT molecular complexity index is 756. The minimum atomic E-state index is -0.383. The third-order valence-corrected chi connectivity index (χ3v) is 4.32. The van der Waals surface area contributed by atoms with Crippen molar-refractivity contribution in [2.45, 2.75) is 6.04 Å². The van der Waals surface area contributed by atoms with Crippen LogP contribution in [0.5, 0.6) is 5.75 Å². The van der Waals surface area contributed by atoms with Crippen LogP contribution in [0.3, 0.4) is 0 Å². The van der Waals surface area contributed by atoms with E-state index in [1.807, 2.05) is 12.1 Å². The van der Waals surface area contributed by atoms with E-state index in [1.165, 1.54) is 12.1 Å². The molecule has 0 spiro atoms. The van der Waals surface area contributed by atoms with Crippen molar-refractivity contribution >= 4 is 21.4 Å². The predicted octanol–water partition coefficient (Wildman–Crippen LogP) is 3.49. The van der Waals surface area contributed by atoms with Crippen molar-refractivity contribution < 1.29 is 9.13 Å². The lowest BCUT2D eigenvalue weighted by atomic mass is 10.1. The van der Waals surface area contributed by atoms with Gasteiger partial charge in [0.15, 0.2) is 0 Å². The SMILES string of the molecule is COc1cccnc1C(N)c1cc2cc(F)ccc2s1. The number of rotatable bonds is 3. The van der Waals surface area contributed by atoms with E-state index >= 15 is 0 Å². The molecular formula is C15H13FN2OS. The normalized spacial score (nSPS) is 12.6. The van der Waals surface area contributed by atoms with E-state index in [9.17, 15) is 4.39 Å². The van der Waals surface area contributed by atoms with Gasteiger partial charge in [-0.2, -0.15) is 0 Å². The van der Waals surface area contributed by atoms with Crippen molar-refractivity contribution in [3.8, 4) is 5.75 Å². The average molecular weight is 288 g/mol. The molecule has 5 heteroatoms. The highest BCUT2D eigenvalue weighted by molar-refractivity contribution is 7.19. The number of benzene rings is 1. The molecule has 0 saturated carbocycles. The van der Waals surface area contributed by atoms with Crippen LogP contribution < -0.4 is 10.5 Å². The van der Waals surface area contributed by atoms with Gasteiger partial charge in [0.2, 0.25) is 0 Å². The van der Waals surface area contributed by atoms with Crippen molar-refractivity contribution in [3.63, 3.8) is 0 Å². The molecule has 1 atom stereocenters. The van der Waals surface area contributed by atoms with Gasteiger partial charge in [0.05, 0.1) is 13.2 Å². The number of thiophene rings is 1. The second-order valence-electron chi connectivity index (χ2n) is 4.40. The van der Waals surface area contributed by atoms with Gasteiger partial charge in [-0.1, -0.05) is 0 Å². The quantitative estimate of drug-likeness (QED) is 0.802. The van der Waals surface area contributed by atoms with Crippen LogP contribution in [0.15, 0.2) is 42.6 Å². The number of hydrogen-bond acceptors (Lipinski definition) is 4. The minimum Gasteiger partial charge on any atom is -0.495 e. The molecule has 20 heavy (non-hydrogen) atoms. The second kappa shape index (κ2) is 5.19. The van der Waals surface area contributed by atoms with E-state index in [1.54, 1.807) is 36.8 Å². The summed E-state index contributed by atoms with van der Waals surface area (Å²) < 4.78 is 19.5. The topological polar surface area (TPSA) is 48.1 Å². The van der Waals surface area contributed by atoms with Crippen LogP contribution in [-0.2, 0) is 0 Å². The van der Waals surface area contributed by atoms with Gasteiger partial charge >= 0.3 is 0 Å². The van der Waals surface area contributed by atoms with E-state index in [-0.39, 0.29) is 11.9 Å². The Hall–Kier alpha value is -1.98. The summed E-state index contributed by atoms with van der Waals surface area (Å²) >= 11 is 1.54. The number of pyridine rings is 1. The van der Waals surface area contributed by atoms with Gasteiger partial charge in [-0.25, -0.2) is 4.39 Å². The molecule has 0 aliphatic carbocycles. The van der Waals surface area contributed by atoms with Crippen molar-refractivity contribution in [2.75, 3.05) is 7.11 Å². The van der Waals surface area contributed by atoms with Gasteiger partial charge in [0.25, 0.3) is 0 Å². The van der Waals surface area contributed by atoms with Gasteiger partial charge < -0.3 is 10.5 Å². The summed E-state index contributed by atoms with van der Waals surface area (Å²) in [7, 11) is 1.59. The molecule has 3 nitrogen and oxygen atoms in total. The molecule has 0 fully saturated rings. The fraction of sp³-hybridized carbons (Fsp3) is 0.133. The van der Waals surface area contributed by atoms with Crippen molar-refractivity contribution in [2.24, 2.45) is 5.73 Å². The fourth-order valence-corrected chi connectivity index (χ4v) is 3.18. The Labute approximate surface area is 119 Å².